The largest absolute Gasteiger partial charge is 0.465 e. The van der Waals surface area contributed by atoms with Gasteiger partial charge in [0.1, 0.15) is 0 Å². The summed E-state index contributed by atoms with van der Waals surface area (Å²) in [5.74, 6) is 0. The quantitative estimate of drug-likeness (QED) is 0.827. The number of amides is 1. The monoisotopic (exact) mass is 207 g/mol. The zero-order valence-electron chi connectivity index (χ0n) is 9.45. The van der Waals surface area contributed by atoms with Gasteiger partial charge in [0.05, 0.1) is 5.69 Å². The molecule has 0 spiro atoms. The summed E-state index contributed by atoms with van der Waals surface area (Å²) in [4.78, 5) is 12.2. The topological polar surface area (TPSA) is 40.5 Å². The Kier molecular flexibility index (Phi) is 3.72. The van der Waals surface area contributed by atoms with E-state index in [1.165, 1.54) is 4.90 Å². The summed E-state index contributed by atoms with van der Waals surface area (Å²) in [6.07, 6.45) is 0.847. The molecule has 0 aromatic heterocycles. The molecule has 0 aliphatic carbocycles. The molecule has 3 nitrogen and oxygen atoms in total. The summed E-state index contributed by atoms with van der Waals surface area (Å²) in [6, 6.07) is 6.01. The van der Waals surface area contributed by atoms with E-state index in [4.69, 9.17) is 5.11 Å². The molecule has 1 N–H and O–H groups in total. The Morgan fingerprint density at radius 3 is 2.47 bits per heavy atom. The minimum atomic E-state index is -0.919. The second kappa shape index (κ2) is 4.82. The first-order valence-electron chi connectivity index (χ1n) is 5.18. The average molecular weight is 207 g/mol. The molecular formula is C12H17NO2. The van der Waals surface area contributed by atoms with Crippen LogP contribution < -0.4 is 4.90 Å². The van der Waals surface area contributed by atoms with Crippen molar-refractivity contribution in [2.45, 2.75) is 26.7 Å². The number of rotatable bonds is 3. The molecule has 82 valence electrons. The molecule has 0 aliphatic rings. The third-order valence-corrected chi connectivity index (χ3v) is 2.59. The van der Waals surface area contributed by atoms with Crippen LogP contribution in [-0.4, -0.2) is 18.2 Å². The predicted molar refractivity (Wildman–Crippen MR) is 61.6 cm³/mol. The number of carbonyl (C=O) groups is 1. The highest BCUT2D eigenvalue weighted by Gasteiger charge is 2.12. The molecule has 1 aromatic carbocycles. The van der Waals surface area contributed by atoms with Crippen LogP contribution in [0.1, 0.15) is 25.0 Å². The van der Waals surface area contributed by atoms with E-state index >= 15 is 0 Å². The van der Waals surface area contributed by atoms with Crippen molar-refractivity contribution in [2.24, 2.45) is 0 Å². The Hall–Kier alpha value is -1.51. The van der Waals surface area contributed by atoms with Crippen LogP contribution in [0.25, 0.3) is 0 Å². The maximum absolute atomic E-state index is 10.9. The highest BCUT2D eigenvalue weighted by atomic mass is 16.4. The molecule has 1 aromatic rings. The summed E-state index contributed by atoms with van der Waals surface area (Å²) in [7, 11) is 1.58. The van der Waals surface area contributed by atoms with E-state index in [0.717, 1.165) is 29.7 Å². The maximum Gasteiger partial charge on any atom is 0.411 e. The first-order chi connectivity index (χ1) is 7.10. The fourth-order valence-corrected chi connectivity index (χ4v) is 1.54. The highest BCUT2D eigenvalue weighted by Crippen LogP contribution is 2.22. The van der Waals surface area contributed by atoms with Crippen LogP contribution in [0.15, 0.2) is 18.2 Å². The number of aryl methyl sites for hydroxylation is 2. The summed E-state index contributed by atoms with van der Waals surface area (Å²) in [6.45, 7) is 4.09. The zero-order valence-corrected chi connectivity index (χ0v) is 9.45. The molecule has 0 radical (unpaired) electrons. The van der Waals surface area contributed by atoms with Gasteiger partial charge in [0.2, 0.25) is 0 Å². The first kappa shape index (κ1) is 11.6. The molecule has 3 heteroatoms. The normalized spacial score (nSPS) is 10.1. The minimum Gasteiger partial charge on any atom is -0.465 e. The predicted octanol–water partition coefficient (Wildman–Crippen LogP) is 2.93. The van der Waals surface area contributed by atoms with Gasteiger partial charge >= 0.3 is 6.09 Å². The second-order valence-corrected chi connectivity index (χ2v) is 3.51. The van der Waals surface area contributed by atoms with Crippen LogP contribution in [0.2, 0.25) is 0 Å². The van der Waals surface area contributed by atoms with Crippen LogP contribution in [0, 0.1) is 0 Å². The molecule has 0 bridgehead atoms. The average Bonchev–Trinajstić information content (AvgIpc) is 2.27. The fraction of sp³-hybridized carbons (Fsp3) is 0.417. The number of hydrogen-bond acceptors (Lipinski definition) is 1. The van der Waals surface area contributed by atoms with Gasteiger partial charge in [-0.1, -0.05) is 26.0 Å². The van der Waals surface area contributed by atoms with E-state index in [0.29, 0.717) is 0 Å². The van der Waals surface area contributed by atoms with E-state index in [1.807, 2.05) is 19.1 Å². The van der Waals surface area contributed by atoms with Gasteiger partial charge in [0.15, 0.2) is 0 Å². The summed E-state index contributed by atoms with van der Waals surface area (Å²) in [5.41, 5.74) is 3.02. The summed E-state index contributed by atoms with van der Waals surface area (Å²) < 4.78 is 0. The van der Waals surface area contributed by atoms with Gasteiger partial charge in [-0.25, -0.2) is 4.79 Å². The molecule has 0 saturated heterocycles. The summed E-state index contributed by atoms with van der Waals surface area (Å²) in [5, 5.41) is 8.94. The molecule has 15 heavy (non-hydrogen) atoms. The molecule has 0 saturated carbocycles. The van der Waals surface area contributed by atoms with Crippen molar-refractivity contribution in [3.63, 3.8) is 0 Å². The van der Waals surface area contributed by atoms with Crippen molar-refractivity contribution in [3.8, 4) is 0 Å². The number of benzene rings is 1. The van der Waals surface area contributed by atoms with Gasteiger partial charge < -0.3 is 5.11 Å². The van der Waals surface area contributed by atoms with Crippen molar-refractivity contribution >= 4 is 11.8 Å². The van der Waals surface area contributed by atoms with Gasteiger partial charge in [-0.3, -0.25) is 4.90 Å². The van der Waals surface area contributed by atoms with E-state index in [2.05, 4.69) is 13.0 Å². The molecular weight excluding hydrogens is 190 g/mol. The van der Waals surface area contributed by atoms with Gasteiger partial charge in [0.25, 0.3) is 0 Å². The number of nitrogens with zero attached hydrogens (tertiary/aromatic N) is 1. The molecule has 0 aliphatic heterocycles. The van der Waals surface area contributed by atoms with Crippen molar-refractivity contribution in [2.75, 3.05) is 11.9 Å². The first-order valence-corrected chi connectivity index (χ1v) is 5.18. The van der Waals surface area contributed by atoms with E-state index in [9.17, 15) is 4.79 Å². The van der Waals surface area contributed by atoms with Crippen molar-refractivity contribution in [1.82, 2.24) is 0 Å². The number of anilines is 1. The lowest BCUT2D eigenvalue weighted by Crippen LogP contribution is -2.25. The fourth-order valence-electron chi connectivity index (χ4n) is 1.54. The van der Waals surface area contributed by atoms with Crippen LogP contribution in [0.3, 0.4) is 0 Å². The Morgan fingerprint density at radius 2 is 2.00 bits per heavy atom. The van der Waals surface area contributed by atoms with Gasteiger partial charge in [-0.2, -0.15) is 0 Å². The molecule has 0 atom stereocenters. The lowest BCUT2D eigenvalue weighted by atomic mass is 10.0. The zero-order chi connectivity index (χ0) is 11.4. The smallest absolute Gasteiger partial charge is 0.411 e. The Morgan fingerprint density at radius 1 is 1.33 bits per heavy atom. The van der Waals surface area contributed by atoms with Crippen molar-refractivity contribution in [3.05, 3.63) is 29.3 Å². The maximum atomic E-state index is 10.9. The number of carboxylic acid groups (broad SMARTS) is 1. The van der Waals surface area contributed by atoms with Gasteiger partial charge in [-0.15, -0.1) is 0 Å². The minimum absolute atomic E-state index is 0.796. The Balaban J connectivity index is 3.16. The third kappa shape index (κ3) is 2.49. The second-order valence-electron chi connectivity index (χ2n) is 3.51. The highest BCUT2D eigenvalue weighted by molar-refractivity contribution is 5.86. The van der Waals surface area contributed by atoms with Crippen LogP contribution in [0.5, 0.6) is 0 Å². The SMILES string of the molecule is CCc1ccc(CC)c(N(C)C(=O)O)c1. The Bertz CT molecular complexity index is 361. The van der Waals surface area contributed by atoms with Gasteiger partial charge in [-0.05, 0) is 30.0 Å². The van der Waals surface area contributed by atoms with E-state index in [-0.39, 0.29) is 0 Å². The lowest BCUT2D eigenvalue weighted by Gasteiger charge is -2.18. The van der Waals surface area contributed by atoms with Gasteiger partial charge in [0, 0.05) is 7.05 Å². The molecule has 0 heterocycles. The molecule has 1 amide bonds. The van der Waals surface area contributed by atoms with Crippen LogP contribution in [-0.2, 0) is 12.8 Å². The standard InChI is InChI=1S/C12H17NO2/c1-4-9-6-7-10(5-2)11(8-9)13(3)12(14)15/h6-8H,4-5H2,1-3H3,(H,14,15). The lowest BCUT2D eigenvalue weighted by molar-refractivity contribution is 0.203. The van der Waals surface area contributed by atoms with E-state index in [1.54, 1.807) is 7.05 Å². The van der Waals surface area contributed by atoms with E-state index < -0.39 is 6.09 Å². The molecule has 0 unspecified atom stereocenters. The van der Waals surface area contributed by atoms with Crippen LogP contribution in [0.4, 0.5) is 10.5 Å². The molecule has 1 rings (SSSR count). The van der Waals surface area contributed by atoms with Crippen molar-refractivity contribution < 1.29 is 9.90 Å². The third-order valence-electron chi connectivity index (χ3n) is 2.59. The Labute approximate surface area is 90.3 Å². The molecule has 0 fully saturated rings. The van der Waals surface area contributed by atoms with Crippen LogP contribution >= 0.6 is 0 Å². The summed E-state index contributed by atoms with van der Waals surface area (Å²) >= 11 is 0. The van der Waals surface area contributed by atoms with Crippen molar-refractivity contribution in [1.29, 1.82) is 0 Å². The number of hydrogen-bond donors (Lipinski definition) is 1.